The van der Waals surface area contributed by atoms with E-state index in [-0.39, 0.29) is 34.6 Å². The second kappa shape index (κ2) is 12.4. The Bertz CT molecular complexity index is 1740. The van der Waals surface area contributed by atoms with Crippen LogP contribution in [-0.2, 0) is 30.6 Å². The van der Waals surface area contributed by atoms with Crippen molar-refractivity contribution >= 4 is 54.8 Å². The summed E-state index contributed by atoms with van der Waals surface area (Å²) < 4.78 is 40.8. The van der Waals surface area contributed by atoms with Crippen molar-refractivity contribution < 1.29 is 27.2 Å². The summed E-state index contributed by atoms with van der Waals surface area (Å²) in [5.41, 5.74) is 2.67. The molecule has 1 saturated carbocycles. The number of thiazole rings is 1. The maximum absolute atomic E-state index is 15.2. The molecule has 0 radical (unpaired) electrons. The summed E-state index contributed by atoms with van der Waals surface area (Å²) in [5, 5.41) is 6.29. The Morgan fingerprint density at radius 1 is 1.02 bits per heavy atom. The quantitative estimate of drug-likeness (QED) is 0.234. The van der Waals surface area contributed by atoms with Crippen molar-refractivity contribution in [3.8, 4) is 11.1 Å². The summed E-state index contributed by atoms with van der Waals surface area (Å²) in [4.78, 5) is 41.4. The predicted octanol–water partition coefficient (Wildman–Crippen LogP) is 4.15. The smallest absolute Gasteiger partial charge is 0.245 e. The molecule has 218 valence electrons. The van der Waals surface area contributed by atoms with Gasteiger partial charge in [0.05, 0.1) is 16.8 Å². The third-order valence-corrected chi connectivity index (χ3v) is 9.24. The van der Waals surface area contributed by atoms with Gasteiger partial charge in [-0.15, -0.1) is 11.3 Å². The molecule has 1 aliphatic carbocycles. The first-order valence-corrected chi connectivity index (χ1v) is 16.1. The molecule has 4 aromatic rings. The van der Waals surface area contributed by atoms with Gasteiger partial charge in [0.15, 0.2) is 15.1 Å². The highest BCUT2D eigenvalue weighted by atomic mass is 32.2. The number of fused-ring (bicyclic) bond motifs is 1. The van der Waals surface area contributed by atoms with E-state index in [9.17, 15) is 22.8 Å². The molecule has 0 spiro atoms. The topological polar surface area (TPSA) is 134 Å². The summed E-state index contributed by atoms with van der Waals surface area (Å²) in [6.45, 7) is -0.353. The van der Waals surface area contributed by atoms with E-state index in [1.165, 1.54) is 6.07 Å². The fourth-order valence-electron chi connectivity index (χ4n) is 4.41. The van der Waals surface area contributed by atoms with E-state index in [0.29, 0.717) is 28.8 Å². The minimum absolute atomic E-state index is 0.0160. The molecule has 0 bridgehead atoms. The Hall–Kier alpha value is -4.16. The molecule has 9 nitrogen and oxygen atoms in total. The number of carbonyl (C=O) groups is 3. The monoisotopic (exact) mass is 608 g/mol. The molecule has 0 saturated heterocycles. The van der Waals surface area contributed by atoms with Gasteiger partial charge in [-0.3, -0.25) is 14.4 Å². The Balaban J connectivity index is 1.29. The van der Waals surface area contributed by atoms with E-state index in [0.717, 1.165) is 36.0 Å². The maximum Gasteiger partial charge on any atom is 0.245 e. The van der Waals surface area contributed by atoms with E-state index in [2.05, 4.69) is 20.9 Å². The van der Waals surface area contributed by atoms with Gasteiger partial charge in [0.25, 0.3) is 0 Å². The van der Waals surface area contributed by atoms with E-state index < -0.39 is 32.7 Å². The number of hydrogen-bond donors (Lipinski definition) is 3. The minimum Gasteiger partial charge on any atom is -0.352 e. The Morgan fingerprint density at radius 3 is 2.40 bits per heavy atom. The zero-order valence-electron chi connectivity index (χ0n) is 22.7. The third-order valence-electron chi connectivity index (χ3n) is 6.71. The maximum atomic E-state index is 15.2. The molecule has 3 N–H and O–H groups in total. The van der Waals surface area contributed by atoms with Crippen LogP contribution in [0.25, 0.3) is 21.3 Å². The van der Waals surface area contributed by atoms with E-state index in [1.54, 1.807) is 30.3 Å². The lowest BCUT2D eigenvalue weighted by atomic mass is 10.0. The van der Waals surface area contributed by atoms with Crippen molar-refractivity contribution in [2.75, 3.05) is 18.1 Å². The first-order chi connectivity index (χ1) is 20.1. The molecular formula is C30H29FN4O5S2. The number of anilines is 1. The van der Waals surface area contributed by atoms with Crippen LogP contribution in [0.15, 0.2) is 66.7 Å². The number of rotatable bonds is 11. The number of aryl methyl sites for hydroxylation is 1. The van der Waals surface area contributed by atoms with Gasteiger partial charge in [-0.1, -0.05) is 42.5 Å². The highest BCUT2D eigenvalue weighted by Gasteiger charge is 2.34. The fraction of sp³-hybridized carbons (Fsp3) is 0.267. The largest absolute Gasteiger partial charge is 0.352 e. The number of nitrogens with one attached hydrogen (secondary N) is 3. The molecule has 3 amide bonds. The third kappa shape index (κ3) is 7.37. The van der Waals surface area contributed by atoms with Crippen LogP contribution in [0.5, 0.6) is 0 Å². The van der Waals surface area contributed by atoms with Crippen LogP contribution >= 0.6 is 11.3 Å². The number of benzene rings is 3. The number of aromatic nitrogens is 1. The molecule has 1 atom stereocenters. The van der Waals surface area contributed by atoms with Gasteiger partial charge in [-0.2, -0.15) is 0 Å². The lowest BCUT2D eigenvalue weighted by Gasteiger charge is -2.12. The van der Waals surface area contributed by atoms with Gasteiger partial charge in [0, 0.05) is 36.0 Å². The highest BCUT2D eigenvalue weighted by Crippen LogP contribution is 2.35. The molecule has 1 aromatic heterocycles. The van der Waals surface area contributed by atoms with Crippen LogP contribution in [-0.4, -0.2) is 50.0 Å². The molecule has 42 heavy (non-hydrogen) atoms. The average Bonchev–Trinajstić information content (AvgIpc) is 3.67. The van der Waals surface area contributed by atoms with E-state index >= 15 is 4.39 Å². The summed E-state index contributed by atoms with van der Waals surface area (Å²) in [6, 6.07) is 19.3. The number of carbonyl (C=O) groups excluding carboxylic acids is 3. The zero-order valence-corrected chi connectivity index (χ0v) is 24.4. The first kappa shape index (κ1) is 29.3. The molecule has 1 unspecified atom stereocenters. The van der Waals surface area contributed by atoms with Gasteiger partial charge >= 0.3 is 0 Å². The van der Waals surface area contributed by atoms with Gasteiger partial charge < -0.3 is 16.0 Å². The van der Waals surface area contributed by atoms with Crippen LogP contribution in [0.4, 0.5) is 10.1 Å². The highest BCUT2D eigenvalue weighted by molar-refractivity contribution is 7.91. The minimum atomic E-state index is -3.95. The van der Waals surface area contributed by atoms with Gasteiger partial charge in [0.2, 0.25) is 17.7 Å². The summed E-state index contributed by atoms with van der Waals surface area (Å²) in [5.74, 6) is -1.98. The SMILES string of the molecule is CS(=O)(=O)C(C(=O)NCC(=O)NC1CC1)c1nc2cc(F)c(-c3ccc(NC(=O)CCc4ccccc4)cc3)cc2s1. The Kier molecular flexibility index (Phi) is 8.64. The number of nitrogens with zero attached hydrogens (tertiary/aromatic N) is 1. The molecule has 1 aliphatic rings. The van der Waals surface area contributed by atoms with Crippen molar-refractivity contribution in [2.45, 2.75) is 37.0 Å². The normalized spacial score (nSPS) is 13.9. The van der Waals surface area contributed by atoms with Crippen LogP contribution < -0.4 is 16.0 Å². The van der Waals surface area contributed by atoms with E-state index in [4.69, 9.17) is 0 Å². The first-order valence-electron chi connectivity index (χ1n) is 13.4. The molecular weight excluding hydrogens is 579 g/mol. The number of sulfone groups is 1. The van der Waals surface area contributed by atoms with Crippen molar-refractivity contribution in [3.05, 3.63) is 83.1 Å². The van der Waals surface area contributed by atoms with Crippen LogP contribution in [0.2, 0.25) is 0 Å². The zero-order chi connectivity index (χ0) is 29.9. The average molecular weight is 609 g/mol. The summed E-state index contributed by atoms with van der Waals surface area (Å²) in [6.07, 6.45) is 3.62. The fourth-order valence-corrected chi connectivity index (χ4v) is 6.94. The number of amides is 3. The number of hydrogen-bond acceptors (Lipinski definition) is 7. The van der Waals surface area contributed by atoms with Crippen LogP contribution in [0.1, 0.15) is 35.1 Å². The standard InChI is InChI=1S/C30H29FN4O5S2/c1-42(39,40)28(29(38)32-17-27(37)34-21-12-13-21)30-35-24-16-23(31)22(15-25(24)41-30)19-8-10-20(11-9-19)33-26(36)14-7-18-5-3-2-4-6-18/h2-6,8-11,15-16,21,28H,7,12-14,17H2,1H3,(H,32,38)(H,33,36)(H,34,37). The van der Waals surface area contributed by atoms with Crippen molar-refractivity contribution in [1.29, 1.82) is 0 Å². The lowest BCUT2D eigenvalue weighted by Crippen LogP contribution is -2.41. The number of halogens is 1. The van der Waals surface area contributed by atoms with Crippen molar-refractivity contribution in [2.24, 2.45) is 0 Å². The molecule has 1 fully saturated rings. The van der Waals surface area contributed by atoms with Gasteiger partial charge in [0.1, 0.15) is 10.8 Å². The van der Waals surface area contributed by atoms with Crippen molar-refractivity contribution in [3.63, 3.8) is 0 Å². The summed E-state index contributed by atoms with van der Waals surface area (Å²) >= 11 is 0.973. The molecule has 5 rings (SSSR count). The van der Waals surface area contributed by atoms with Gasteiger partial charge in [-0.05, 0) is 48.6 Å². The predicted molar refractivity (Wildman–Crippen MR) is 160 cm³/mol. The molecule has 0 aliphatic heterocycles. The second-order valence-electron chi connectivity index (χ2n) is 10.2. The van der Waals surface area contributed by atoms with Gasteiger partial charge in [-0.25, -0.2) is 17.8 Å². The molecule has 3 aromatic carbocycles. The van der Waals surface area contributed by atoms with Crippen LogP contribution in [0.3, 0.4) is 0 Å². The molecule has 12 heteroatoms. The Labute approximate surface area is 246 Å². The molecule has 1 heterocycles. The Morgan fingerprint density at radius 2 is 1.74 bits per heavy atom. The summed E-state index contributed by atoms with van der Waals surface area (Å²) in [7, 11) is -3.95. The van der Waals surface area contributed by atoms with Crippen LogP contribution in [0, 0.1) is 5.82 Å². The lowest BCUT2D eigenvalue weighted by molar-refractivity contribution is -0.126. The second-order valence-corrected chi connectivity index (χ2v) is 13.4. The van der Waals surface area contributed by atoms with E-state index in [1.807, 2.05) is 30.3 Å². The van der Waals surface area contributed by atoms with Crippen molar-refractivity contribution in [1.82, 2.24) is 15.6 Å².